The maximum Gasteiger partial charge on any atom is 0.279 e. The van der Waals surface area contributed by atoms with Crippen molar-refractivity contribution in [2.45, 2.75) is 39.0 Å². The summed E-state index contributed by atoms with van der Waals surface area (Å²) >= 11 is 3.53. The van der Waals surface area contributed by atoms with E-state index in [9.17, 15) is 8.42 Å². The third kappa shape index (κ3) is 4.16. The molecule has 1 heterocycles. The Bertz CT molecular complexity index is 380. The number of hydrogen-bond donors (Lipinski definition) is 1. The maximum atomic E-state index is 12.2. The fourth-order valence-electron chi connectivity index (χ4n) is 3.11. The number of rotatable bonds is 5. The van der Waals surface area contributed by atoms with Crippen LogP contribution in [0.15, 0.2) is 0 Å². The fourth-order valence-corrected chi connectivity index (χ4v) is 5.27. The second-order valence-electron chi connectivity index (χ2n) is 6.04. The summed E-state index contributed by atoms with van der Waals surface area (Å²) in [6.07, 6.45) is 5.56. The molecule has 1 N–H and O–H groups in total. The van der Waals surface area contributed by atoms with Crippen LogP contribution in [0, 0.1) is 17.8 Å². The van der Waals surface area contributed by atoms with Gasteiger partial charge in [-0.05, 0) is 43.4 Å². The van der Waals surface area contributed by atoms with Gasteiger partial charge in [0.15, 0.2) is 0 Å². The van der Waals surface area contributed by atoms with E-state index in [4.69, 9.17) is 0 Å². The standard InChI is InChI=1S/C13H25BrN2O2S/c1-11-5-7-16(8-6-11)19(17,18)15-10-13-4-2-3-12(13)9-14/h11-13,15H,2-10H2,1H3. The maximum absolute atomic E-state index is 12.2. The Morgan fingerprint density at radius 3 is 2.42 bits per heavy atom. The third-order valence-electron chi connectivity index (χ3n) is 4.63. The summed E-state index contributed by atoms with van der Waals surface area (Å²) in [5, 5.41) is 0.987. The Hall–Kier alpha value is 0.350. The van der Waals surface area contributed by atoms with E-state index in [0.29, 0.717) is 37.4 Å². The van der Waals surface area contributed by atoms with Crippen LogP contribution in [0.4, 0.5) is 0 Å². The number of hydrogen-bond acceptors (Lipinski definition) is 2. The Labute approximate surface area is 125 Å². The molecule has 2 unspecified atom stereocenters. The molecule has 0 spiro atoms. The lowest BCUT2D eigenvalue weighted by Crippen LogP contribution is -2.46. The first-order valence-corrected chi connectivity index (χ1v) is 9.90. The summed E-state index contributed by atoms with van der Waals surface area (Å²) < 4.78 is 28.9. The van der Waals surface area contributed by atoms with Crippen molar-refractivity contribution in [1.82, 2.24) is 9.03 Å². The Kier molecular flexibility index (Phi) is 5.69. The van der Waals surface area contributed by atoms with Gasteiger partial charge in [0.05, 0.1) is 0 Å². The minimum Gasteiger partial charge on any atom is -0.202 e. The van der Waals surface area contributed by atoms with Gasteiger partial charge in [0.2, 0.25) is 0 Å². The zero-order chi connectivity index (χ0) is 13.9. The van der Waals surface area contributed by atoms with Crippen molar-refractivity contribution in [3.63, 3.8) is 0 Å². The molecule has 6 heteroatoms. The van der Waals surface area contributed by atoms with Crippen molar-refractivity contribution < 1.29 is 8.42 Å². The van der Waals surface area contributed by atoms with Crippen LogP contribution in [0.2, 0.25) is 0 Å². The Morgan fingerprint density at radius 1 is 1.16 bits per heavy atom. The normalized spacial score (nSPS) is 30.8. The third-order valence-corrected chi connectivity index (χ3v) is 7.03. The minimum absolute atomic E-state index is 0.498. The van der Waals surface area contributed by atoms with Gasteiger partial charge in [0, 0.05) is 25.0 Å². The van der Waals surface area contributed by atoms with Gasteiger partial charge in [0.25, 0.3) is 10.2 Å². The van der Waals surface area contributed by atoms with E-state index in [1.165, 1.54) is 12.8 Å². The van der Waals surface area contributed by atoms with E-state index in [-0.39, 0.29) is 0 Å². The molecule has 0 aromatic carbocycles. The van der Waals surface area contributed by atoms with E-state index >= 15 is 0 Å². The average molecular weight is 353 g/mol. The second-order valence-corrected chi connectivity index (χ2v) is 8.44. The largest absolute Gasteiger partial charge is 0.279 e. The predicted octanol–water partition coefficient (Wildman–Crippen LogP) is 2.36. The van der Waals surface area contributed by atoms with Gasteiger partial charge in [-0.1, -0.05) is 29.3 Å². The molecule has 2 rings (SSSR count). The summed E-state index contributed by atoms with van der Waals surface area (Å²) in [6, 6.07) is 0. The topological polar surface area (TPSA) is 49.4 Å². The number of nitrogens with one attached hydrogen (secondary N) is 1. The van der Waals surface area contributed by atoms with Crippen LogP contribution in [0.3, 0.4) is 0 Å². The molecular weight excluding hydrogens is 328 g/mol. The molecule has 19 heavy (non-hydrogen) atoms. The van der Waals surface area contributed by atoms with Gasteiger partial charge in [-0.15, -0.1) is 0 Å². The molecular formula is C13H25BrN2O2S. The lowest BCUT2D eigenvalue weighted by atomic mass is 9.99. The number of halogens is 1. The van der Waals surface area contributed by atoms with Crippen molar-refractivity contribution in [2.24, 2.45) is 17.8 Å². The van der Waals surface area contributed by atoms with Gasteiger partial charge in [-0.25, -0.2) is 4.72 Å². The van der Waals surface area contributed by atoms with Crippen LogP contribution in [-0.4, -0.2) is 37.7 Å². The number of alkyl halides is 1. The zero-order valence-corrected chi connectivity index (χ0v) is 14.0. The monoisotopic (exact) mass is 352 g/mol. The van der Waals surface area contributed by atoms with Gasteiger partial charge in [-0.2, -0.15) is 12.7 Å². The molecule has 0 aromatic rings. The summed E-state index contributed by atoms with van der Waals surface area (Å²) in [4.78, 5) is 0. The molecule has 2 aliphatic rings. The summed E-state index contributed by atoms with van der Waals surface area (Å²) in [7, 11) is -3.26. The van der Waals surface area contributed by atoms with Crippen LogP contribution >= 0.6 is 15.9 Å². The first kappa shape index (κ1) is 15.7. The Morgan fingerprint density at radius 2 is 1.79 bits per heavy atom. The molecule has 0 amide bonds. The number of nitrogens with zero attached hydrogens (tertiary/aromatic N) is 1. The quantitative estimate of drug-likeness (QED) is 0.772. The van der Waals surface area contributed by atoms with E-state index in [0.717, 1.165) is 24.6 Å². The molecule has 1 aliphatic carbocycles. The highest BCUT2D eigenvalue weighted by atomic mass is 79.9. The van der Waals surface area contributed by atoms with Gasteiger partial charge in [0.1, 0.15) is 0 Å². The minimum atomic E-state index is -3.26. The Balaban J connectivity index is 1.84. The van der Waals surface area contributed by atoms with Crippen molar-refractivity contribution in [1.29, 1.82) is 0 Å². The zero-order valence-electron chi connectivity index (χ0n) is 11.6. The van der Waals surface area contributed by atoms with Crippen LogP contribution in [0.25, 0.3) is 0 Å². The van der Waals surface area contributed by atoms with E-state index in [1.54, 1.807) is 4.31 Å². The first-order chi connectivity index (χ1) is 9.03. The summed E-state index contributed by atoms with van der Waals surface area (Å²) in [6.45, 7) is 4.13. The molecule has 0 bridgehead atoms. The molecule has 1 saturated heterocycles. The van der Waals surface area contributed by atoms with E-state index in [2.05, 4.69) is 27.6 Å². The average Bonchev–Trinajstić information content (AvgIpc) is 2.84. The molecule has 0 radical (unpaired) electrons. The summed E-state index contributed by atoms with van der Waals surface area (Å²) in [5.41, 5.74) is 0. The van der Waals surface area contributed by atoms with E-state index < -0.39 is 10.2 Å². The van der Waals surface area contributed by atoms with Crippen LogP contribution in [0.5, 0.6) is 0 Å². The first-order valence-electron chi connectivity index (χ1n) is 7.33. The van der Waals surface area contributed by atoms with Gasteiger partial charge >= 0.3 is 0 Å². The highest BCUT2D eigenvalue weighted by Gasteiger charge is 2.30. The predicted molar refractivity (Wildman–Crippen MR) is 81.5 cm³/mol. The van der Waals surface area contributed by atoms with Crippen LogP contribution in [0.1, 0.15) is 39.0 Å². The SMILES string of the molecule is CC1CCN(S(=O)(=O)NCC2CCCC2CBr)CC1. The molecule has 0 aromatic heterocycles. The van der Waals surface area contributed by atoms with Gasteiger partial charge < -0.3 is 0 Å². The molecule has 112 valence electrons. The van der Waals surface area contributed by atoms with Crippen LogP contribution in [-0.2, 0) is 10.2 Å². The molecule has 4 nitrogen and oxygen atoms in total. The lowest BCUT2D eigenvalue weighted by Gasteiger charge is -2.30. The van der Waals surface area contributed by atoms with Gasteiger partial charge in [-0.3, -0.25) is 0 Å². The lowest BCUT2D eigenvalue weighted by molar-refractivity contribution is 0.283. The van der Waals surface area contributed by atoms with Crippen molar-refractivity contribution in [2.75, 3.05) is 25.0 Å². The van der Waals surface area contributed by atoms with Crippen molar-refractivity contribution >= 4 is 26.1 Å². The number of piperidine rings is 1. The molecule has 1 aliphatic heterocycles. The highest BCUT2D eigenvalue weighted by molar-refractivity contribution is 9.09. The summed E-state index contributed by atoms with van der Waals surface area (Å²) in [5.74, 6) is 1.78. The smallest absolute Gasteiger partial charge is 0.202 e. The molecule has 2 atom stereocenters. The van der Waals surface area contributed by atoms with Crippen molar-refractivity contribution in [3.8, 4) is 0 Å². The van der Waals surface area contributed by atoms with E-state index in [1.807, 2.05) is 0 Å². The molecule has 2 fully saturated rings. The molecule has 1 saturated carbocycles. The highest BCUT2D eigenvalue weighted by Crippen LogP contribution is 2.32. The van der Waals surface area contributed by atoms with Crippen LogP contribution < -0.4 is 4.72 Å². The van der Waals surface area contributed by atoms with Crippen molar-refractivity contribution in [3.05, 3.63) is 0 Å². The second kappa shape index (κ2) is 6.87. The fraction of sp³-hybridized carbons (Fsp3) is 1.00.